The maximum absolute atomic E-state index is 2.52. The third-order valence-electron chi connectivity index (χ3n) is 3.59. The van der Waals surface area contributed by atoms with Crippen LogP contribution in [0.5, 0.6) is 0 Å². The molecule has 0 spiro atoms. The number of allylic oxidation sites excluding steroid dienone is 1. The fourth-order valence-electron chi connectivity index (χ4n) is 1.73. The van der Waals surface area contributed by atoms with Crippen molar-refractivity contribution in [3.05, 3.63) is 12.2 Å². The first-order valence-electron chi connectivity index (χ1n) is 4.78. The van der Waals surface area contributed by atoms with Crippen molar-refractivity contribution in [1.82, 2.24) is 4.90 Å². The highest BCUT2D eigenvalue weighted by Crippen LogP contribution is 2.45. The van der Waals surface area contributed by atoms with Crippen LogP contribution in [-0.2, 0) is 0 Å². The summed E-state index contributed by atoms with van der Waals surface area (Å²) in [6, 6.07) is 0. The fourth-order valence-corrected chi connectivity index (χ4v) is 1.73. The maximum Gasteiger partial charge on any atom is 0.0219 e. The molecule has 1 nitrogen and oxygen atoms in total. The second kappa shape index (κ2) is 2.88. The van der Waals surface area contributed by atoms with Crippen LogP contribution in [0.4, 0.5) is 0 Å². The number of hydrogen-bond acceptors (Lipinski definition) is 1. The molecule has 0 unspecified atom stereocenters. The van der Waals surface area contributed by atoms with Crippen molar-refractivity contribution in [2.24, 2.45) is 5.41 Å². The molecule has 0 aromatic heterocycles. The van der Waals surface area contributed by atoms with Crippen LogP contribution in [0.25, 0.3) is 0 Å². The minimum atomic E-state index is 0.368. The molecule has 0 aliphatic carbocycles. The Morgan fingerprint density at radius 1 is 1.25 bits per heavy atom. The monoisotopic (exact) mass is 167 g/mol. The van der Waals surface area contributed by atoms with Crippen molar-refractivity contribution in [3.63, 3.8) is 0 Å². The predicted molar refractivity (Wildman–Crippen MR) is 54.2 cm³/mol. The Balaban J connectivity index is 2.54. The molecule has 0 bridgehead atoms. The van der Waals surface area contributed by atoms with E-state index in [1.54, 1.807) is 0 Å². The minimum absolute atomic E-state index is 0.368. The number of hydrogen-bond donors (Lipinski definition) is 0. The van der Waals surface area contributed by atoms with Gasteiger partial charge in [-0.25, -0.2) is 0 Å². The normalized spacial score (nSPS) is 27.4. The number of rotatable bonds is 2. The van der Waals surface area contributed by atoms with Gasteiger partial charge >= 0.3 is 0 Å². The molecule has 1 heteroatoms. The van der Waals surface area contributed by atoms with Crippen molar-refractivity contribution >= 4 is 0 Å². The molecule has 70 valence electrons. The molecule has 0 N–H and O–H groups in total. The van der Waals surface area contributed by atoms with Crippen molar-refractivity contribution in [3.8, 4) is 0 Å². The lowest BCUT2D eigenvalue weighted by Crippen LogP contribution is -2.68. The second-order valence-corrected chi connectivity index (χ2v) is 4.89. The van der Waals surface area contributed by atoms with Crippen LogP contribution in [0.15, 0.2) is 12.2 Å². The lowest BCUT2D eigenvalue weighted by atomic mass is 9.65. The zero-order chi connectivity index (χ0) is 9.41. The Hall–Kier alpha value is -0.300. The average molecular weight is 167 g/mol. The van der Waals surface area contributed by atoms with E-state index in [-0.39, 0.29) is 0 Å². The summed E-state index contributed by atoms with van der Waals surface area (Å²) >= 11 is 0. The lowest BCUT2D eigenvalue weighted by Gasteiger charge is -2.61. The molecule has 12 heavy (non-hydrogen) atoms. The van der Waals surface area contributed by atoms with Gasteiger partial charge in [0.15, 0.2) is 0 Å². The Morgan fingerprint density at radius 3 is 2.17 bits per heavy atom. The van der Waals surface area contributed by atoms with E-state index in [9.17, 15) is 0 Å². The fraction of sp³-hybridized carbons (Fsp3) is 0.818. The molecular weight excluding hydrogens is 146 g/mol. The molecule has 0 amide bonds. The molecular formula is C11H21N. The zero-order valence-corrected chi connectivity index (χ0v) is 9.02. The van der Waals surface area contributed by atoms with Crippen LogP contribution < -0.4 is 0 Å². The van der Waals surface area contributed by atoms with Gasteiger partial charge in [-0.1, -0.05) is 26.0 Å². The summed E-state index contributed by atoms with van der Waals surface area (Å²) in [4.78, 5) is 2.52. The Labute approximate surface area is 76.5 Å². The van der Waals surface area contributed by atoms with Crippen molar-refractivity contribution in [2.75, 3.05) is 13.1 Å². The van der Waals surface area contributed by atoms with Gasteiger partial charge in [0, 0.05) is 18.6 Å². The number of nitrogens with zero attached hydrogens (tertiary/aromatic N) is 1. The summed E-state index contributed by atoms with van der Waals surface area (Å²) in [5, 5.41) is 0. The van der Waals surface area contributed by atoms with Gasteiger partial charge in [0.2, 0.25) is 0 Å². The topological polar surface area (TPSA) is 3.24 Å². The molecule has 1 saturated heterocycles. The first-order valence-corrected chi connectivity index (χ1v) is 4.78. The highest BCUT2D eigenvalue weighted by molar-refractivity contribution is 5.08. The van der Waals surface area contributed by atoms with E-state index in [0.29, 0.717) is 11.0 Å². The summed E-state index contributed by atoms with van der Waals surface area (Å²) in [5.41, 5.74) is 0.848. The zero-order valence-electron chi connectivity index (χ0n) is 9.02. The van der Waals surface area contributed by atoms with Crippen molar-refractivity contribution in [1.29, 1.82) is 0 Å². The van der Waals surface area contributed by atoms with E-state index < -0.39 is 0 Å². The summed E-state index contributed by atoms with van der Waals surface area (Å²) in [5.74, 6) is 0. The first kappa shape index (κ1) is 9.79. The highest BCUT2D eigenvalue weighted by Gasteiger charge is 2.51. The van der Waals surface area contributed by atoms with E-state index in [1.807, 2.05) is 0 Å². The van der Waals surface area contributed by atoms with E-state index >= 15 is 0 Å². The van der Waals surface area contributed by atoms with E-state index in [2.05, 4.69) is 51.7 Å². The van der Waals surface area contributed by atoms with Gasteiger partial charge in [0.25, 0.3) is 0 Å². The van der Waals surface area contributed by atoms with E-state index in [4.69, 9.17) is 0 Å². The van der Waals surface area contributed by atoms with Crippen LogP contribution in [0, 0.1) is 5.41 Å². The Morgan fingerprint density at radius 2 is 1.83 bits per heavy atom. The largest absolute Gasteiger partial charge is 0.293 e. The summed E-state index contributed by atoms with van der Waals surface area (Å²) in [7, 11) is 0. The van der Waals surface area contributed by atoms with Gasteiger partial charge in [-0.2, -0.15) is 0 Å². The van der Waals surface area contributed by atoms with Crippen LogP contribution in [-0.4, -0.2) is 23.5 Å². The molecule has 0 aromatic carbocycles. The standard InChI is InChI=1S/C11H21N/c1-6-7-8-12-9-10(2,3)11(12,4)5/h6-7H,8-9H2,1-5H3/b7-6+. The van der Waals surface area contributed by atoms with E-state index in [1.165, 1.54) is 6.54 Å². The Bertz CT molecular complexity index is 189. The van der Waals surface area contributed by atoms with Gasteiger partial charge < -0.3 is 0 Å². The molecule has 1 aliphatic heterocycles. The van der Waals surface area contributed by atoms with Crippen LogP contribution in [0.3, 0.4) is 0 Å². The first-order chi connectivity index (χ1) is 5.42. The van der Waals surface area contributed by atoms with Crippen molar-refractivity contribution < 1.29 is 0 Å². The molecule has 1 fully saturated rings. The third-order valence-corrected chi connectivity index (χ3v) is 3.59. The molecule has 0 saturated carbocycles. The van der Waals surface area contributed by atoms with Crippen LogP contribution in [0.2, 0.25) is 0 Å². The molecule has 1 heterocycles. The highest BCUT2D eigenvalue weighted by atomic mass is 15.3. The van der Waals surface area contributed by atoms with Gasteiger partial charge in [0.1, 0.15) is 0 Å². The average Bonchev–Trinajstić information content (AvgIpc) is 1.97. The Kier molecular flexibility index (Phi) is 2.35. The quantitative estimate of drug-likeness (QED) is 0.572. The minimum Gasteiger partial charge on any atom is -0.293 e. The number of likely N-dealkylation sites (tertiary alicyclic amines) is 1. The summed E-state index contributed by atoms with van der Waals surface area (Å²) in [6.45, 7) is 13.8. The summed E-state index contributed by atoms with van der Waals surface area (Å²) < 4.78 is 0. The molecule has 0 radical (unpaired) electrons. The van der Waals surface area contributed by atoms with E-state index in [0.717, 1.165) is 6.54 Å². The predicted octanol–water partition coefficient (Wildman–Crippen LogP) is 2.68. The van der Waals surface area contributed by atoms with Crippen LogP contribution >= 0.6 is 0 Å². The third kappa shape index (κ3) is 1.31. The summed E-state index contributed by atoms with van der Waals surface area (Å²) in [6.07, 6.45) is 4.36. The lowest BCUT2D eigenvalue weighted by molar-refractivity contribution is -0.109. The van der Waals surface area contributed by atoms with Gasteiger partial charge in [-0.05, 0) is 26.2 Å². The SMILES string of the molecule is C/C=C/CN1CC(C)(C)C1(C)C. The molecule has 1 rings (SSSR count). The van der Waals surface area contributed by atoms with Crippen LogP contribution in [0.1, 0.15) is 34.6 Å². The molecule has 1 aliphatic rings. The molecule has 0 atom stereocenters. The smallest absolute Gasteiger partial charge is 0.0219 e. The maximum atomic E-state index is 2.52. The van der Waals surface area contributed by atoms with Gasteiger partial charge in [-0.15, -0.1) is 0 Å². The second-order valence-electron chi connectivity index (χ2n) is 4.89. The van der Waals surface area contributed by atoms with Gasteiger partial charge in [-0.3, -0.25) is 4.90 Å². The van der Waals surface area contributed by atoms with Crippen molar-refractivity contribution in [2.45, 2.75) is 40.2 Å². The molecule has 0 aromatic rings. The van der Waals surface area contributed by atoms with Gasteiger partial charge in [0.05, 0.1) is 0 Å².